The van der Waals surface area contributed by atoms with Gasteiger partial charge in [0.05, 0.1) is 5.54 Å². The standard InChI is InChI=1S/C20H31N3O2/c1-3-13-20(2,21)19(25)22-17-11-14-23(15-12-17)18(24)10-9-16-7-5-4-6-8-16/h4-8,17H,3,9-15,21H2,1-2H3,(H,22,25). The summed E-state index contributed by atoms with van der Waals surface area (Å²) in [6.45, 7) is 5.22. The van der Waals surface area contributed by atoms with Crippen LogP contribution in [0.4, 0.5) is 0 Å². The van der Waals surface area contributed by atoms with Crippen LogP contribution in [0.1, 0.15) is 51.5 Å². The van der Waals surface area contributed by atoms with E-state index in [-0.39, 0.29) is 17.9 Å². The van der Waals surface area contributed by atoms with Crippen molar-refractivity contribution in [2.45, 2.75) is 64.0 Å². The van der Waals surface area contributed by atoms with Gasteiger partial charge in [0.25, 0.3) is 0 Å². The number of piperidine rings is 1. The smallest absolute Gasteiger partial charge is 0.240 e. The normalized spacial score (nSPS) is 17.8. The molecule has 1 unspecified atom stereocenters. The van der Waals surface area contributed by atoms with E-state index in [0.717, 1.165) is 25.7 Å². The molecule has 1 aromatic rings. The molecule has 1 fully saturated rings. The van der Waals surface area contributed by atoms with Gasteiger partial charge in [-0.05, 0) is 38.2 Å². The van der Waals surface area contributed by atoms with Crippen molar-refractivity contribution in [1.29, 1.82) is 0 Å². The van der Waals surface area contributed by atoms with Gasteiger partial charge >= 0.3 is 0 Å². The average Bonchev–Trinajstić information content (AvgIpc) is 2.61. The number of hydrogen-bond acceptors (Lipinski definition) is 3. The van der Waals surface area contributed by atoms with E-state index in [1.807, 2.05) is 30.0 Å². The van der Waals surface area contributed by atoms with E-state index in [4.69, 9.17) is 5.73 Å². The molecule has 0 saturated carbocycles. The van der Waals surface area contributed by atoms with Crippen LogP contribution in [0.5, 0.6) is 0 Å². The van der Waals surface area contributed by atoms with Crippen molar-refractivity contribution in [3.05, 3.63) is 35.9 Å². The van der Waals surface area contributed by atoms with Gasteiger partial charge in [0.15, 0.2) is 0 Å². The molecule has 0 radical (unpaired) electrons. The number of carbonyl (C=O) groups excluding carboxylic acids is 2. The van der Waals surface area contributed by atoms with Crippen molar-refractivity contribution in [3.8, 4) is 0 Å². The number of amides is 2. The summed E-state index contributed by atoms with van der Waals surface area (Å²) in [4.78, 5) is 26.6. The predicted molar refractivity (Wildman–Crippen MR) is 100 cm³/mol. The maximum Gasteiger partial charge on any atom is 0.240 e. The second-order valence-electron chi connectivity index (χ2n) is 7.28. The fourth-order valence-electron chi connectivity index (χ4n) is 3.31. The summed E-state index contributed by atoms with van der Waals surface area (Å²) in [5.41, 5.74) is 6.46. The van der Waals surface area contributed by atoms with Crippen LogP contribution in [-0.4, -0.2) is 41.4 Å². The SMILES string of the molecule is CCCC(C)(N)C(=O)NC1CCN(C(=O)CCc2ccccc2)CC1. The number of benzene rings is 1. The minimum absolute atomic E-state index is 0.0804. The fourth-order valence-corrected chi connectivity index (χ4v) is 3.31. The highest BCUT2D eigenvalue weighted by Crippen LogP contribution is 2.15. The Kier molecular flexibility index (Phi) is 7.00. The summed E-state index contributed by atoms with van der Waals surface area (Å²) in [5, 5.41) is 3.06. The lowest BCUT2D eigenvalue weighted by Crippen LogP contribution is -2.56. The molecule has 2 amide bonds. The molecular weight excluding hydrogens is 314 g/mol. The number of hydrogen-bond donors (Lipinski definition) is 2. The molecule has 0 spiro atoms. The van der Waals surface area contributed by atoms with Crippen molar-refractivity contribution in [2.75, 3.05) is 13.1 Å². The van der Waals surface area contributed by atoms with Gasteiger partial charge in [-0.25, -0.2) is 0 Å². The molecule has 25 heavy (non-hydrogen) atoms. The third-order valence-corrected chi connectivity index (χ3v) is 4.94. The topological polar surface area (TPSA) is 75.4 Å². The summed E-state index contributed by atoms with van der Waals surface area (Å²) >= 11 is 0. The lowest BCUT2D eigenvalue weighted by molar-refractivity contribution is -0.132. The van der Waals surface area contributed by atoms with Gasteiger partial charge in [-0.3, -0.25) is 9.59 Å². The Labute approximate surface area is 151 Å². The Morgan fingerprint density at radius 3 is 2.48 bits per heavy atom. The molecule has 1 atom stereocenters. The predicted octanol–water partition coefficient (Wildman–Crippen LogP) is 2.24. The first-order valence-corrected chi connectivity index (χ1v) is 9.34. The van der Waals surface area contributed by atoms with E-state index in [0.29, 0.717) is 25.9 Å². The molecule has 1 aliphatic rings. The first kappa shape index (κ1) is 19.4. The molecule has 3 N–H and O–H groups in total. The number of nitrogens with two attached hydrogens (primary N) is 1. The second kappa shape index (κ2) is 8.99. The quantitative estimate of drug-likeness (QED) is 0.796. The Morgan fingerprint density at radius 2 is 1.88 bits per heavy atom. The van der Waals surface area contributed by atoms with Gasteiger partial charge in [0.2, 0.25) is 11.8 Å². The highest BCUT2D eigenvalue weighted by Gasteiger charge is 2.30. The van der Waals surface area contributed by atoms with Crippen LogP contribution >= 0.6 is 0 Å². The van der Waals surface area contributed by atoms with Gasteiger partial charge in [0, 0.05) is 25.6 Å². The van der Waals surface area contributed by atoms with Gasteiger partial charge in [-0.15, -0.1) is 0 Å². The van der Waals surface area contributed by atoms with Gasteiger partial charge in [-0.1, -0.05) is 43.7 Å². The van der Waals surface area contributed by atoms with E-state index >= 15 is 0 Å². The number of nitrogens with zero attached hydrogens (tertiary/aromatic N) is 1. The summed E-state index contributed by atoms with van der Waals surface area (Å²) in [7, 11) is 0. The Bertz CT molecular complexity index is 564. The Balaban J connectivity index is 1.73. The first-order valence-electron chi connectivity index (χ1n) is 9.34. The van der Waals surface area contributed by atoms with E-state index < -0.39 is 5.54 Å². The lowest BCUT2D eigenvalue weighted by atomic mass is 9.95. The lowest BCUT2D eigenvalue weighted by Gasteiger charge is -2.34. The zero-order chi connectivity index (χ0) is 18.3. The minimum atomic E-state index is -0.808. The van der Waals surface area contributed by atoms with E-state index in [1.54, 1.807) is 6.92 Å². The molecule has 5 nitrogen and oxygen atoms in total. The molecule has 1 saturated heterocycles. The largest absolute Gasteiger partial charge is 0.352 e. The van der Waals surface area contributed by atoms with Crippen LogP contribution in [0.15, 0.2) is 30.3 Å². The molecule has 138 valence electrons. The van der Waals surface area contributed by atoms with Crippen molar-refractivity contribution in [3.63, 3.8) is 0 Å². The maximum absolute atomic E-state index is 12.4. The van der Waals surface area contributed by atoms with Crippen LogP contribution in [0.25, 0.3) is 0 Å². The van der Waals surface area contributed by atoms with Gasteiger partial charge in [0.1, 0.15) is 0 Å². The van der Waals surface area contributed by atoms with E-state index in [9.17, 15) is 9.59 Å². The zero-order valence-corrected chi connectivity index (χ0v) is 15.5. The number of nitrogens with one attached hydrogen (secondary N) is 1. The van der Waals surface area contributed by atoms with Crippen molar-refractivity contribution in [1.82, 2.24) is 10.2 Å². The molecule has 5 heteroatoms. The van der Waals surface area contributed by atoms with Crippen molar-refractivity contribution in [2.24, 2.45) is 5.73 Å². The minimum Gasteiger partial charge on any atom is -0.352 e. The molecular formula is C20H31N3O2. The van der Waals surface area contributed by atoms with E-state index in [1.165, 1.54) is 5.56 Å². The highest BCUT2D eigenvalue weighted by molar-refractivity contribution is 5.85. The highest BCUT2D eigenvalue weighted by atomic mass is 16.2. The molecule has 0 bridgehead atoms. The van der Waals surface area contributed by atoms with Crippen LogP contribution in [-0.2, 0) is 16.0 Å². The van der Waals surface area contributed by atoms with Crippen molar-refractivity contribution < 1.29 is 9.59 Å². The van der Waals surface area contributed by atoms with Crippen LogP contribution in [0, 0.1) is 0 Å². The zero-order valence-electron chi connectivity index (χ0n) is 15.5. The molecule has 2 rings (SSSR count). The number of rotatable bonds is 7. The maximum atomic E-state index is 12.4. The molecule has 0 aromatic heterocycles. The summed E-state index contributed by atoms with van der Waals surface area (Å²) in [6, 6.07) is 10.2. The molecule has 1 heterocycles. The van der Waals surface area contributed by atoms with Crippen LogP contribution < -0.4 is 11.1 Å². The number of likely N-dealkylation sites (tertiary alicyclic amines) is 1. The Morgan fingerprint density at radius 1 is 1.24 bits per heavy atom. The number of carbonyl (C=O) groups is 2. The average molecular weight is 345 g/mol. The molecule has 1 aliphatic heterocycles. The molecule has 1 aromatic carbocycles. The summed E-state index contributed by atoms with van der Waals surface area (Å²) < 4.78 is 0. The van der Waals surface area contributed by atoms with Crippen LogP contribution in [0.3, 0.4) is 0 Å². The first-order chi connectivity index (χ1) is 11.9. The summed E-state index contributed by atoms with van der Waals surface area (Å²) in [5.74, 6) is 0.117. The third-order valence-electron chi connectivity index (χ3n) is 4.94. The fraction of sp³-hybridized carbons (Fsp3) is 0.600. The monoisotopic (exact) mass is 345 g/mol. The second-order valence-corrected chi connectivity index (χ2v) is 7.28. The van der Waals surface area contributed by atoms with E-state index in [2.05, 4.69) is 17.4 Å². The van der Waals surface area contributed by atoms with Crippen molar-refractivity contribution >= 4 is 11.8 Å². The number of aryl methyl sites for hydroxylation is 1. The summed E-state index contributed by atoms with van der Waals surface area (Å²) in [6.07, 6.45) is 4.47. The molecule has 0 aliphatic carbocycles. The third kappa shape index (κ3) is 5.85. The van der Waals surface area contributed by atoms with Gasteiger partial charge < -0.3 is 16.0 Å². The van der Waals surface area contributed by atoms with Gasteiger partial charge in [-0.2, -0.15) is 0 Å². The Hall–Kier alpha value is -1.88. The van der Waals surface area contributed by atoms with Crippen LogP contribution in [0.2, 0.25) is 0 Å².